The molecule has 2 rings (SSSR count). The molecule has 0 radical (unpaired) electrons. The van der Waals surface area contributed by atoms with Crippen molar-refractivity contribution < 1.29 is 18.4 Å². The lowest BCUT2D eigenvalue weighted by molar-refractivity contribution is 0.0996. The number of nitrogens with two attached hydrogens (primary N) is 1. The summed E-state index contributed by atoms with van der Waals surface area (Å²) in [5, 5.41) is 0. The predicted molar refractivity (Wildman–Crippen MR) is 72.0 cm³/mol. The minimum atomic E-state index is -3.50. The van der Waals surface area contributed by atoms with Gasteiger partial charge in [0.15, 0.2) is 0 Å². The third-order valence-corrected chi connectivity index (χ3v) is 4.60. The molecule has 0 spiro atoms. The van der Waals surface area contributed by atoms with Crippen LogP contribution in [0, 0.1) is 0 Å². The van der Waals surface area contributed by atoms with Crippen LogP contribution in [0.1, 0.15) is 24.3 Å². The van der Waals surface area contributed by atoms with Crippen molar-refractivity contribution in [3.8, 4) is 0 Å². The Labute approximate surface area is 115 Å². The number of aromatic nitrogens is 3. The molecule has 108 valence electrons. The van der Waals surface area contributed by atoms with Crippen LogP contribution in [0.2, 0.25) is 0 Å². The minimum Gasteiger partial charge on any atom is -0.364 e. The van der Waals surface area contributed by atoms with E-state index in [9.17, 15) is 9.36 Å². The Hall–Kier alpha value is -1.76. The van der Waals surface area contributed by atoms with Gasteiger partial charge < -0.3 is 14.8 Å². The van der Waals surface area contributed by atoms with E-state index in [2.05, 4.69) is 9.97 Å². The molecule has 2 N–H and O–H groups in total. The predicted octanol–water partition coefficient (Wildman–Crippen LogP) is 0.720. The van der Waals surface area contributed by atoms with Crippen LogP contribution in [0.4, 0.5) is 0 Å². The summed E-state index contributed by atoms with van der Waals surface area (Å²) >= 11 is 0. The first-order valence-electron chi connectivity index (χ1n) is 6.05. The fraction of sp³-hybridized carbons (Fsp3) is 0.364. The summed E-state index contributed by atoms with van der Waals surface area (Å²) in [7, 11) is -3.50. The maximum Gasteiger partial charge on any atom is 0.378 e. The van der Waals surface area contributed by atoms with Crippen LogP contribution in [0.3, 0.4) is 0 Å². The fourth-order valence-corrected chi connectivity index (χ4v) is 3.41. The first kappa shape index (κ1) is 14.6. The lowest BCUT2D eigenvalue weighted by atomic mass is 10.5. The third kappa shape index (κ3) is 2.58. The van der Waals surface area contributed by atoms with Crippen LogP contribution in [0.25, 0.3) is 5.78 Å². The van der Waals surface area contributed by atoms with Gasteiger partial charge in [0.1, 0.15) is 11.1 Å². The number of carbonyl (C=O) groups excluding carboxylic acids is 1. The first-order chi connectivity index (χ1) is 9.51. The molecule has 2 aromatic heterocycles. The van der Waals surface area contributed by atoms with Gasteiger partial charge in [-0.1, -0.05) is 0 Å². The van der Waals surface area contributed by atoms with Crippen LogP contribution < -0.4 is 11.2 Å². The summed E-state index contributed by atoms with van der Waals surface area (Å²) in [6.07, 6.45) is 2.79. The molecule has 0 bridgehead atoms. The van der Waals surface area contributed by atoms with E-state index in [1.54, 1.807) is 13.8 Å². The van der Waals surface area contributed by atoms with Gasteiger partial charge in [-0.25, -0.2) is 9.97 Å². The quantitative estimate of drug-likeness (QED) is 0.787. The third-order valence-electron chi connectivity index (χ3n) is 2.48. The van der Waals surface area contributed by atoms with Crippen molar-refractivity contribution in [2.45, 2.75) is 13.8 Å². The molecular weight excluding hydrogens is 283 g/mol. The van der Waals surface area contributed by atoms with Gasteiger partial charge in [0.25, 0.3) is 5.91 Å². The van der Waals surface area contributed by atoms with Gasteiger partial charge in [-0.2, -0.15) is 0 Å². The molecule has 2 aromatic rings. The lowest BCUT2D eigenvalue weighted by Gasteiger charge is -2.17. The Balaban J connectivity index is 2.63. The maximum atomic E-state index is 12.8. The number of carbonyl (C=O) groups is 1. The molecule has 0 saturated carbocycles. The number of amides is 1. The number of nitrogens with zero attached hydrogens (tertiary/aromatic N) is 3. The molecule has 0 aliphatic heterocycles. The fourth-order valence-electron chi connectivity index (χ4n) is 1.73. The highest BCUT2D eigenvalue weighted by atomic mass is 31.2. The second-order valence-electron chi connectivity index (χ2n) is 3.80. The van der Waals surface area contributed by atoms with Gasteiger partial charge in [0.05, 0.1) is 13.2 Å². The highest BCUT2D eigenvalue weighted by molar-refractivity contribution is 7.62. The van der Waals surface area contributed by atoms with Gasteiger partial charge >= 0.3 is 7.60 Å². The van der Waals surface area contributed by atoms with E-state index in [0.29, 0.717) is 0 Å². The molecule has 20 heavy (non-hydrogen) atoms. The minimum absolute atomic E-state index is 0.0319. The van der Waals surface area contributed by atoms with E-state index in [-0.39, 0.29) is 30.1 Å². The van der Waals surface area contributed by atoms with E-state index >= 15 is 0 Å². The Morgan fingerprint density at radius 2 is 2.05 bits per heavy atom. The molecule has 2 heterocycles. The van der Waals surface area contributed by atoms with Crippen LogP contribution in [0.15, 0.2) is 18.5 Å². The zero-order valence-corrected chi connectivity index (χ0v) is 12.0. The van der Waals surface area contributed by atoms with Crippen LogP contribution >= 0.6 is 7.60 Å². The van der Waals surface area contributed by atoms with Crippen molar-refractivity contribution in [1.29, 1.82) is 0 Å². The largest absolute Gasteiger partial charge is 0.378 e. The van der Waals surface area contributed by atoms with Crippen LogP contribution in [0.5, 0.6) is 0 Å². The molecule has 0 aromatic carbocycles. The molecule has 0 aliphatic rings. The van der Waals surface area contributed by atoms with Crippen molar-refractivity contribution in [1.82, 2.24) is 14.4 Å². The highest BCUT2D eigenvalue weighted by Gasteiger charge is 2.30. The molecule has 0 atom stereocenters. The van der Waals surface area contributed by atoms with Gasteiger partial charge in [0, 0.05) is 12.4 Å². The Kier molecular flexibility index (Phi) is 4.17. The van der Waals surface area contributed by atoms with Crippen LogP contribution in [-0.2, 0) is 13.6 Å². The summed E-state index contributed by atoms with van der Waals surface area (Å²) < 4.78 is 24.7. The second-order valence-corrected chi connectivity index (χ2v) is 5.77. The van der Waals surface area contributed by atoms with E-state index < -0.39 is 13.5 Å². The summed E-state index contributed by atoms with van der Waals surface area (Å²) in [6, 6.07) is 1.51. The van der Waals surface area contributed by atoms with E-state index in [0.717, 1.165) is 0 Å². The number of hydrogen-bond donors (Lipinski definition) is 1. The molecule has 0 unspecified atom stereocenters. The SMILES string of the molecule is CCOP(=O)(OCC)c1ccnc2nc(C(N)=O)cn12. The first-order valence-corrected chi connectivity index (χ1v) is 7.59. The molecule has 0 fully saturated rings. The summed E-state index contributed by atoms with van der Waals surface area (Å²) in [4.78, 5) is 19.1. The summed E-state index contributed by atoms with van der Waals surface area (Å²) in [6.45, 7) is 3.87. The normalized spacial score (nSPS) is 11.9. The van der Waals surface area contributed by atoms with Gasteiger partial charge in [-0.05, 0) is 19.9 Å². The zero-order chi connectivity index (χ0) is 14.8. The maximum absolute atomic E-state index is 12.8. The molecule has 1 amide bonds. The number of rotatable bonds is 6. The molecule has 8 nitrogen and oxygen atoms in total. The van der Waals surface area contributed by atoms with E-state index in [1.165, 1.54) is 22.9 Å². The molecular formula is C11H15N4O4P. The van der Waals surface area contributed by atoms with Crippen molar-refractivity contribution in [2.75, 3.05) is 13.2 Å². The van der Waals surface area contributed by atoms with Gasteiger partial charge in [0.2, 0.25) is 5.78 Å². The zero-order valence-electron chi connectivity index (χ0n) is 11.1. The smallest absolute Gasteiger partial charge is 0.364 e. The Morgan fingerprint density at radius 1 is 1.40 bits per heavy atom. The standard InChI is InChI=1S/C11H15N4O4P/c1-3-18-20(17,19-4-2)9-5-6-13-11-14-8(10(12)16)7-15(9)11/h5-7H,3-4H2,1-2H3,(H2,12,16). The Bertz CT molecular complexity index is 674. The molecule has 0 saturated heterocycles. The highest BCUT2D eigenvalue weighted by Crippen LogP contribution is 2.46. The van der Waals surface area contributed by atoms with Crippen LogP contribution in [-0.4, -0.2) is 33.5 Å². The van der Waals surface area contributed by atoms with Crippen molar-refractivity contribution in [3.63, 3.8) is 0 Å². The number of imidazole rings is 1. The lowest BCUT2D eigenvalue weighted by Crippen LogP contribution is -2.18. The summed E-state index contributed by atoms with van der Waals surface area (Å²) in [5.41, 5.74) is 5.47. The second kappa shape index (κ2) is 5.70. The summed E-state index contributed by atoms with van der Waals surface area (Å²) in [5.74, 6) is -0.486. The van der Waals surface area contributed by atoms with Crippen molar-refractivity contribution in [2.24, 2.45) is 5.73 Å². The van der Waals surface area contributed by atoms with Gasteiger partial charge in [-0.3, -0.25) is 13.8 Å². The van der Waals surface area contributed by atoms with Gasteiger partial charge in [-0.15, -0.1) is 0 Å². The monoisotopic (exact) mass is 298 g/mol. The Morgan fingerprint density at radius 3 is 2.60 bits per heavy atom. The van der Waals surface area contributed by atoms with Crippen molar-refractivity contribution >= 4 is 24.7 Å². The number of hydrogen-bond acceptors (Lipinski definition) is 6. The number of primary amides is 1. The van der Waals surface area contributed by atoms with Crippen molar-refractivity contribution in [3.05, 3.63) is 24.2 Å². The topological polar surface area (TPSA) is 109 Å². The molecule has 0 aliphatic carbocycles. The molecule has 9 heteroatoms. The van der Waals surface area contributed by atoms with E-state index in [4.69, 9.17) is 14.8 Å². The van der Waals surface area contributed by atoms with E-state index in [1.807, 2.05) is 0 Å². The average molecular weight is 298 g/mol. The average Bonchev–Trinajstić information content (AvgIpc) is 2.83. The number of fused-ring (bicyclic) bond motifs is 1.